The highest BCUT2D eigenvalue weighted by Gasteiger charge is 2.29. The van der Waals surface area contributed by atoms with Crippen LogP contribution in [-0.2, 0) is 4.79 Å². The average molecular weight is 298 g/mol. The fourth-order valence-corrected chi connectivity index (χ4v) is 3.15. The van der Waals surface area contributed by atoms with Crippen molar-refractivity contribution in [2.45, 2.75) is 45.6 Å². The van der Waals surface area contributed by atoms with E-state index in [0.29, 0.717) is 5.92 Å². The van der Waals surface area contributed by atoms with Crippen LogP contribution < -0.4 is 0 Å². The molecular formula is C17H22N4O. The van der Waals surface area contributed by atoms with Gasteiger partial charge >= 0.3 is 0 Å². The molecule has 0 saturated carbocycles. The highest BCUT2D eigenvalue weighted by atomic mass is 16.2. The molecule has 0 spiro atoms. The van der Waals surface area contributed by atoms with E-state index in [-0.39, 0.29) is 11.9 Å². The first-order chi connectivity index (χ1) is 10.6. The number of hydrogen-bond donors (Lipinski definition) is 0. The summed E-state index contributed by atoms with van der Waals surface area (Å²) >= 11 is 0. The highest BCUT2D eigenvalue weighted by molar-refractivity contribution is 5.74. The van der Waals surface area contributed by atoms with Gasteiger partial charge in [0.1, 0.15) is 11.6 Å². The van der Waals surface area contributed by atoms with Crippen LogP contribution in [0.25, 0.3) is 5.82 Å². The summed E-state index contributed by atoms with van der Waals surface area (Å²) < 4.78 is 2.03. The molecule has 5 nitrogen and oxygen atoms in total. The van der Waals surface area contributed by atoms with E-state index >= 15 is 0 Å². The van der Waals surface area contributed by atoms with Gasteiger partial charge < -0.3 is 4.90 Å². The number of amides is 1. The van der Waals surface area contributed by atoms with Crippen LogP contribution in [0.2, 0.25) is 0 Å². The zero-order valence-corrected chi connectivity index (χ0v) is 13.4. The lowest BCUT2D eigenvalue weighted by Crippen LogP contribution is -2.28. The molecule has 22 heavy (non-hydrogen) atoms. The Kier molecular flexibility index (Phi) is 3.96. The number of pyridine rings is 1. The maximum atomic E-state index is 11.8. The van der Waals surface area contributed by atoms with Crippen molar-refractivity contribution in [1.82, 2.24) is 19.4 Å². The molecule has 3 heterocycles. The van der Waals surface area contributed by atoms with E-state index in [1.54, 1.807) is 13.1 Å². The minimum Gasteiger partial charge on any atom is -0.334 e. The van der Waals surface area contributed by atoms with Gasteiger partial charge in [-0.3, -0.25) is 9.36 Å². The van der Waals surface area contributed by atoms with Gasteiger partial charge in [0.2, 0.25) is 5.91 Å². The first kappa shape index (κ1) is 14.8. The summed E-state index contributed by atoms with van der Waals surface area (Å²) in [5, 5.41) is 0. The normalized spacial score (nSPS) is 18.2. The molecular weight excluding hydrogens is 276 g/mol. The molecule has 2 aromatic heterocycles. The Hall–Kier alpha value is -2.17. The zero-order chi connectivity index (χ0) is 15.7. The molecule has 0 radical (unpaired) electrons. The molecule has 5 heteroatoms. The van der Waals surface area contributed by atoms with E-state index in [4.69, 9.17) is 4.98 Å². The van der Waals surface area contributed by atoms with Crippen molar-refractivity contribution in [3.8, 4) is 5.82 Å². The second-order valence-electron chi connectivity index (χ2n) is 6.10. The molecule has 1 aliphatic heterocycles. The Morgan fingerprint density at radius 2 is 2.18 bits per heavy atom. The Morgan fingerprint density at radius 1 is 1.36 bits per heavy atom. The third kappa shape index (κ3) is 2.63. The number of imidazole rings is 1. The van der Waals surface area contributed by atoms with Gasteiger partial charge in [-0.15, -0.1) is 0 Å². The van der Waals surface area contributed by atoms with Gasteiger partial charge in [-0.1, -0.05) is 19.9 Å². The Labute approximate surface area is 131 Å². The quantitative estimate of drug-likeness (QED) is 0.875. The van der Waals surface area contributed by atoms with Crippen LogP contribution in [0, 0.1) is 0 Å². The van der Waals surface area contributed by atoms with Gasteiger partial charge in [-0.05, 0) is 25.0 Å². The van der Waals surface area contributed by atoms with Crippen molar-refractivity contribution in [2.24, 2.45) is 0 Å². The number of hydrogen-bond acceptors (Lipinski definition) is 3. The third-order valence-corrected chi connectivity index (χ3v) is 4.19. The first-order valence-corrected chi connectivity index (χ1v) is 7.85. The standard InChI is InChI=1S/C17H22N4O/c1-12(2)17-18-9-11-21(17)16-8-4-6-14(19-16)15-7-5-10-20(15)13(3)22/h4,6,8-9,11-12,15H,5,7,10H2,1-3H3/t15-/m0/s1. The van der Waals surface area contributed by atoms with Gasteiger partial charge in [0, 0.05) is 31.8 Å². The molecule has 116 valence electrons. The summed E-state index contributed by atoms with van der Waals surface area (Å²) in [5.74, 6) is 2.33. The van der Waals surface area contributed by atoms with E-state index in [2.05, 4.69) is 18.8 Å². The summed E-state index contributed by atoms with van der Waals surface area (Å²) in [5.41, 5.74) is 0.966. The fourth-order valence-electron chi connectivity index (χ4n) is 3.15. The smallest absolute Gasteiger partial charge is 0.220 e. The van der Waals surface area contributed by atoms with Crippen LogP contribution in [0.5, 0.6) is 0 Å². The molecule has 0 N–H and O–H groups in total. The Morgan fingerprint density at radius 3 is 2.91 bits per heavy atom. The highest BCUT2D eigenvalue weighted by Crippen LogP contribution is 2.31. The maximum absolute atomic E-state index is 11.8. The van der Waals surface area contributed by atoms with Crippen molar-refractivity contribution in [2.75, 3.05) is 6.54 Å². The minimum atomic E-state index is 0.100. The van der Waals surface area contributed by atoms with E-state index in [9.17, 15) is 4.79 Å². The summed E-state index contributed by atoms with van der Waals surface area (Å²) in [4.78, 5) is 22.9. The molecule has 1 saturated heterocycles. The number of carbonyl (C=O) groups is 1. The third-order valence-electron chi connectivity index (χ3n) is 4.19. The lowest BCUT2D eigenvalue weighted by Gasteiger charge is -2.23. The lowest BCUT2D eigenvalue weighted by atomic mass is 10.1. The molecule has 0 bridgehead atoms. The second-order valence-corrected chi connectivity index (χ2v) is 6.10. The molecule has 0 aromatic carbocycles. The monoisotopic (exact) mass is 298 g/mol. The Bertz CT molecular complexity index is 677. The van der Waals surface area contributed by atoms with Crippen LogP contribution >= 0.6 is 0 Å². The maximum Gasteiger partial charge on any atom is 0.220 e. The zero-order valence-electron chi connectivity index (χ0n) is 13.4. The van der Waals surface area contributed by atoms with Gasteiger partial charge in [0.25, 0.3) is 0 Å². The number of likely N-dealkylation sites (tertiary alicyclic amines) is 1. The minimum absolute atomic E-state index is 0.100. The van der Waals surface area contributed by atoms with Crippen LogP contribution in [-0.4, -0.2) is 31.9 Å². The van der Waals surface area contributed by atoms with Crippen molar-refractivity contribution < 1.29 is 4.79 Å². The number of nitrogens with zero attached hydrogens (tertiary/aromatic N) is 4. The fraction of sp³-hybridized carbons (Fsp3) is 0.471. The molecule has 0 unspecified atom stereocenters. The SMILES string of the molecule is CC(=O)N1CCC[C@H]1c1cccc(-n2ccnc2C(C)C)n1. The van der Waals surface area contributed by atoms with Crippen LogP contribution in [0.1, 0.15) is 57.1 Å². The summed E-state index contributed by atoms with van der Waals surface area (Å²) in [6, 6.07) is 6.12. The van der Waals surface area contributed by atoms with E-state index in [1.165, 1.54) is 0 Å². The Balaban J connectivity index is 1.96. The first-order valence-electron chi connectivity index (χ1n) is 7.85. The average Bonchev–Trinajstić information content (AvgIpc) is 3.16. The molecule has 1 fully saturated rings. The predicted octanol–water partition coefficient (Wildman–Crippen LogP) is 3.07. The molecule has 0 aliphatic carbocycles. The van der Waals surface area contributed by atoms with Gasteiger partial charge in [0.15, 0.2) is 0 Å². The summed E-state index contributed by atoms with van der Waals surface area (Å²) in [6.45, 7) is 6.71. The van der Waals surface area contributed by atoms with E-state index in [1.807, 2.05) is 33.9 Å². The molecule has 1 amide bonds. The molecule has 1 atom stereocenters. The van der Waals surface area contributed by atoms with Crippen molar-refractivity contribution in [3.63, 3.8) is 0 Å². The van der Waals surface area contributed by atoms with Gasteiger partial charge in [-0.25, -0.2) is 9.97 Å². The van der Waals surface area contributed by atoms with Crippen molar-refractivity contribution in [1.29, 1.82) is 0 Å². The van der Waals surface area contributed by atoms with Crippen LogP contribution in [0.15, 0.2) is 30.6 Å². The molecule has 2 aromatic rings. The van der Waals surface area contributed by atoms with E-state index < -0.39 is 0 Å². The van der Waals surface area contributed by atoms with E-state index in [0.717, 1.165) is 36.7 Å². The van der Waals surface area contributed by atoms with Crippen LogP contribution in [0.3, 0.4) is 0 Å². The largest absolute Gasteiger partial charge is 0.334 e. The molecule has 1 aliphatic rings. The molecule has 3 rings (SSSR count). The van der Waals surface area contributed by atoms with Crippen molar-refractivity contribution in [3.05, 3.63) is 42.1 Å². The second kappa shape index (κ2) is 5.91. The van der Waals surface area contributed by atoms with Crippen molar-refractivity contribution >= 4 is 5.91 Å². The predicted molar refractivity (Wildman–Crippen MR) is 84.8 cm³/mol. The summed E-state index contributed by atoms with van der Waals surface area (Å²) in [7, 11) is 0. The number of carbonyl (C=O) groups excluding carboxylic acids is 1. The topological polar surface area (TPSA) is 51.0 Å². The lowest BCUT2D eigenvalue weighted by molar-refractivity contribution is -0.129. The number of aromatic nitrogens is 3. The number of rotatable bonds is 3. The van der Waals surface area contributed by atoms with Gasteiger partial charge in [-0.2, -0.15) is 0 Å². The van der Waals surface area contributed by atoms with Crippen LogP contribution in [0.4, 0.5) is 0 Å². The summed E-state index contributed by atoms with van der Waals surface area (Å²) in [6.07, 6.45) is 5.77. The van der Waals surface area contributed by atoms with Gasteiger partial charge in [0.05, 0.1) is 11.7 Å².